The Labute approximate surface area is 90.3 Å². The number of rotatable bonds is 3. The van der Waals surface area contributed by atoms with Gasteiger partial charge in [-0.2, -0.15) is 0 Å². The molecule has 0 fully saturated rings. The molecule has 1 unspecified atom stereocenters. The summed E-state index contributed by atoms with van der Waals surface area (Å²) in [7, 11) is 0. The van der Waals surface area contributed by atoms with E-state index in [-0.39, 0.29) is 17.7 Å². The van der Waals surface area contributed by atoms with Crippen molar-refractivity contribution < 1.29 is 9.90 Å². The maximum absolute atomic E-state index is 10.8. The molecule has 1 aromatic heterocycles. The standard InChI is InChI=1S/C9H11BrN2O2/c1-5(8(11)13)2-6-3-7(10)4-12-9(6)14/h3-5H,2H2,1H3,(H2,11,13)(H,12,14). The number of nitrogens with two attached hydrogens (primary N) is 1. The zero-order valence-electron chi connectivity index (χ0n) is 7.70. The van der Waals surface area contributed by atoms with E-state index in [0.29, 0.717) is 12.0 Å². The van der Waals surface area contributed by atoms with Gasteiger partial charge in [0.1, 0.15) is 0 Å². The van der Waals surface area contributed by atoms with E-state index < -0.39 is 0 Å². The lowest BCUT2D eigenvalue weighted by molar-refractivity contribution is -0.121. The second kappa shape index (κ2) is 4.41. The molecule has 0 saturated carbocycles. The van der Waals surface area contributed by atoms with E-state index >= 15 is 0 Å². The lowest BCUT2D eigenvalue weighted by atomic mass is 10.0. The normalized spacial score (nSPS) is 12.4. The zero-order chi connectivity index (χ0) is 10.7. The van der Waals surface area contributed by atoms with Crippen LogP contribution in [0.15, 0.2) is 16.7 Å². The molecule has 0 aliphatic rings. The molecule has 5 heteroatoms. The molecule has 0 saturated heterocycles. The van der Waals surface area contributed by atoms with Crippen molar-refractivity contribution in [2.45, 2.75) is 13.3 Å². The Kier molecular flexibility index (Phi) is 3.46. The predicted molar refractivity (Wildman–Crippen MR) is 55.7 cm³/mol. The Morgan fingerprint density at radius 1 is 1.79 bits per heavy atom. The average Bonchev–Trinajstić information content (AvgIpc) is 2.11. The van der Waals surface area contributed by atoms with Crippen LogP contribution in [-0.4, -0.2) is 16.0 Å². The van der Waals surface area contributed by atoms with Gasteiger partial charge in [-0.25, -0.2) is 4.98 Å². The third-order valence-corrected chi connectivity index (χ3v) is 2.35. The van der Waals surface area contributed by atoms with Gasteiger partial charge in [-0.05, 0) is 28.4 Å². The third kappa shape index (κ3) is 2.70. The van der Waals surface area contributed by atoms with Gasteiger partial charge in [-0.3, -0.25) is 4.79 Å². The lowest BCUT2D eigenvalue weighted by Gasteiger charge is -2.08. The molecule has 3 N–H and O–H groups in total. The number of pyridine rings is 1. The summed E-state index contributed by atoms with van der Waals surface area (Å²) in [4.78, 5) is 14.6. The van der Waals surface area contributed by atoms with Crippen LogP contribution in [0.25, 0.3) is 0 Å². The van der Waals surface area contributed by atoms with Gasteiger partial charge in [-0.1, -0.05) is 6.92 Å². The van der Waals surface area contributed by atoms with Crippen molar-refractivity contribution in [3.63, 3.8) is 0 Å². The minimum atomic E-state index is -0.385. The van der Waals surface area contributed by atoms with Gasteiger partial charge in [0.2, 0.25) is 11.8 Å². The quantitative estimate of drug-likeness (QED) is 0.856. The highest BCUT2D eigenvalue weighted by atomic mass is 79.9. The fourth-order valence-electron chi connectivity index (χ4n) is 1.05. The highest BCUT2D eigenvalue weighted by Crippen LogP contribution is 2.21. The SMILES string of the molecule is CC(Cc1cc(Br)cnc1O)C(N)=O. The molecule has 0 bridgehead atoms. The van der Waals surface area contributed by atoms with E-state index in [9.17, 15) is 9.90 Å². The molecule has 1 rings (SSSR count). The highest BCUT2D eigenvalue weighted by molar-refractivity contribution is 9.10. The minimum Gasteiger partial charge on any atom is -0.493 e. The lowest BCUT2D eigenvalue weighted by Crippen LogP contribution is -2.22. The van der Waals surface area contributed by atoms with Crippen molar-refractivity contribution in [2.24, 2.45) is 11.7 Å². The number of aromatic nitrogens is 1. The van der Waals surface area contributed by atoms with E-state index in [1.165, 1.54) is 6.20 Å². The first kappa shape index (κ1) is 11.0. The van der Waals surface area contributed by atoms with Gasteiger partial charge in [0.15, 0.2) is 0 Å². The van der Waals surface area contributed by atoms with Crippen molar-refractivity contribution in [1.82, 2.24) is 4.98 Å². The Hall–Kier alpha value is -1.10. The van der Waals surface area contributed by atoms with Crippen molar-refractivity contribution in [1.29, 1.82) is 0 Å². The van der Waals surface area contributed by atoms with Gasteiger partial charge < -0.3 is 10.8 Å². The monoisotopic (exact) mass is 258 g/mol. The van der Waals surface area contributed by atoms with E-state index in [1.807, 2.05) is 0 Å². The van der Waals surface area contributed by atoms with Crippen LogP contribution in [0, 0.1) is 5.92 Å². The van der Waals surface area contributed by atoms with Crippen LogP contribution in [0.3, 0.4) is 0 Å². The number of halogens is 1. The van der Waals surface area contributed by atoms with Crippen molar-refractivity contribution in [3.8, 4) is 5.88 Å². The number of hydrogen-bond donors (Lipinski definition) is 2. The summed E-state index contributed by atoms with van der Waals surface area (Å²) in [6.45, 7) is 1.71. The molecule has 0 spiro atoms. The number of amides is 1. The predicted octanol–water partition coefficient (Wildman–Crippen LogP) is 1.21. The van der Waals surface area contributed by atoms with Crippen LogP contribution in [0.4, 0.5) is 0 Å². The first-order chi connectivity index (χ1) is 6.50. The van der Waals surface area contributed by atoms with Crippen LogP contribution in [0.1, 0.15) is 12.5 Å². The summed E-state index contributed by atoms with van der Waals surface area (Å²) in [5.41, 5.74) is 5.74. The molecule has 76 valence electrons. The molecule has 0 aliphatic carbocycles. The Morgan fingerprint density at radius 3 is 3.00 bits per heavy atom. The van der Waals surface area contributed by atoms with Gasteiger partial charge in [-0.15, -0.1) is 0 Å². The summed E-state index contributed by atoms with van der Waals surface area (Å²) >= 11 is 3.23. The molecule has 1 aromatic rings. The van der Waals surface area contributed by atoms with E-state index in [4.69, 9.17) is 5.73 Å². The summed E-state index contributed by atoms with van der Waals surface area (Å²) in [6, 6.07) is 1.72. The zero-order valence-corrected chi connectivity index (χ0v) is 9.28. The molecule has 0 aliphatic heterocycles. The smallest absolute Gasteiger partial charge is 0.220 e. The van der Waals surface area contributed by atoms with Crippen LogP contribution >= 0.6 is 15.9 Å². The van der Waals surface area contributed by atoms with Gasteiger partial charge in [0, 0.05) is 22.2 Å². The molecule has 4 nitrogen and oxygen atoms in total. The number of aromatic hydroxyl groups is 1. The molecular weight excluding hydrogens is 248 g/mol. The summed E-state index contributed by atoms with van der Waals surface area (Å²) in [5.74, 6) is -0.748. The van der Waals surface area contributed by atoms with Crippen LogP contribution in [0.2, 0.25) is 0 Å². The Balaban J connectivity index is 2.85. The molecule has 14 heavy (non-hydrogen) atoms. The topological polar surface area (TPSA) is 76.2 Å². The number of hydrogen-bond acceptors (Lipinski definition) is 3. The average molecular weight is 259 g/mol. The van der Waals surface area contributed by atoms with E-state index in [1.54, 1.807) is 13.0 Å². The van der Waals surface area contributed by atoms with Gasteiger partial charge in [0.25, 0.3) is 0 Å². The molecule has 0 aromatic carbocycles. The summed E-state index contributed by atoms with van der Waals surface area (Å²) in [6.07, 6.45) is 1.89. The number of carbonyl (C=O) groups is 1. The fourth-order valence-corrected chi connectivity index (χ4v) is 1.43. The fraction of sp³-hybridized carbons (Fsp3) is 0.333. The summed E-state index contributed by atoms with van der Waals surface area (Å²) in [5, 5.41) is 9.38. The first-order valence-electron chi connectivity index (χ1n) is 4.13. The second-order valence-electron chi connectivity index (χ2n) is 3.14. The maximum Gasteiger partial charge on any atom is 0.220 e. The van der Waals surface area contributed by atoms with Crippen molar-refractivity contribution >= 4 is 21.8 Å². The van der Waals surface area contributed by atoms with Crippen LogP contribution in [0.5, 0.6) is 5.88 Å². The minimum absolute atomic E-state index is 0.0544. The maximum atomic E-state index is 10.8. The van der Waals surface area contributed by atoms with Gasteiger partial charge in [0.05, 0.1) is 0 Å². The Morgan fingerprint density at radius 2 is 2.43 bits per heavy atom. The highest BCUT2D eigenvalue weighted by Gasteiger charge is 2.13. The largest absolute Gasteiger partial charge is 0.493 e. The van der Waals surface area contributed by atoms with Crippen LogP contribution in [-0.2, 0) is 11.2 Å². The molecule has 1 atom stereocenters. The number of nitrogens with zero attached hydrogens (tertiary/aromatic N) is 1. The molecular formula is C9H11BrN2O2. The van der Waals surface area contributed by atoms with Crippen LogP contribution < -0.4 is 5.73 Å². The number of carbonyl (C=O) groups excluding carboxylic acids is 1. The first-order valence-corrected chi connectivity index (χ1v) is 4.92. The van der Waals surface area contributed by atoms with E-state index in [0.717, 1.165) is 4.47 Å². The molecule has 1 heterocycles. The van der Waals surface area contributed by atoms with Crippen molar-refractivity contribution in [3.05, 3.63) is 22.3 Å². The second-order valence-corrected chi connectivity index (χ2v) is 4.06. The molecule has 0 radical (unpaired) electrons. The Bertz CT molecular complexity index is 355. The van der Waals surface area contributed by atoms with E-state index in [2.05, 4.69) is 20.9 Å². The summed E-state index contributed by atoms with van der Waals surface area (Å²) < 4.78 is 0.766. The van der Waals surface area contributed by atoms with Crippen molar-refractivity contribution in [2.75, 3.05) is 0 Å². The van der Waals surface area contributed by atoms with Gasteiger partial charge >= 0.3 is 0 Å². The molecule has 1 amide bonds. The number of primary amides is 1. The third-order valence-electron chi connectivity index (χ3n) is 1.92.